The number of halogens is 2. The Morgan fingerprint density at radius 2 is 2.00 bits per heavy atom. The maximum Gasteiger partial charge on any atom is 0.320 e. The summed E-state index contributed by atoms with van der Waals surface area (Å²) in [4.78, 5) is 22.5. The van der Waals surface area contributed by atoms with Gasteiger partial charge < -0.3 is 9.84 Å². The van der Waals surface area contributed by atoms with Crippen LogP contribution in [0, 0.1) is 5.92 Å². The normalized spacial score (nSPS) is 11.9. The molecule has 6 heteroatoms. The van der Waals surface area contributed by atoms with Gasteiger partial charge in [0.2, 0.25) is 0 Å². The zero-order valence-corrected chi connectivity index (χ0v) is 12.6. The van der Waals surface area contributed by atoms with Gasteiger partial charge in [-0.1, -0.05) is 29.3 Å². The minimum absolute atomic E-state index is 0.176. The van der Waals surface area contributed by atoms with Crippen LogP contribution in [0.15, 0.2) is 18.2 Å². The van der Waals surface area contributed by atoms with Crippen LogP contribution in [0.3, 0.4) is 0 Å². The van der Waals surface area contributed by atoms with E-state index in [0.717, 1.165) is 5.56 Å². The number of aryl methyl sites for hydroxylation is 1. The van der Waals surface area contributed by atoms with Crippen molar-refractivity contribution in [3.05, 3.63) is 33.8 Å². The third-order valence-corrected chi connectivity index (χ3v) is 3.55. The molecule has 0 heterocycles. The summed E-state index contributed by atoms with van der Waals surface area (Å²) >= 11 is 11.7. The molecule has 1 aromatic carbocycles. The Bertz CT molecular complexity index is 488. The predicted octanol–water partition coefficient (Wildman–Crippen LogP) is 3.58. The van der Waals surface area contributed by atoms with Gasteiger partial charge in [0.05, 0.1) is 16.7 Å². The largest absolute Gasteiger partial charge is 0.481 e. The molecule has 0 spiro atoms. The van der Waals surface area contributed by atoms with Gasteiger partial charge in [0.15, 0.2) is 5.92 Å². The predicted molar refractivity (Wildman–Crippen MR) is 77.2 cm³/mol. The molecular formula is C14H16Cl2O4. The standard InChI is InChI=1S/C14H16Cl2O4/c1-2-20-14(19)10(13(17)18)5-3-4-9-6-7-11(15)12(16)8-9/h6-8,10H,2-5H2,1H3,(H,17,18)/t10-/m0/s1. The number of carboxylic acid groups (broad SMARTS) is 1. The third kappa shape index (κ3) is 5.02. The molecule has 0 saturated heterocycles. The summed E-state index contributed by atoms with van der Waals surface area (Å²) in [5.41, 5.74) is 0.951. The van der Waals surface area contributed by atoms with Crippen LogP contribution in [-0.2, 0) is 20.7 Å². The van der Waals surface area contributed by atoms with E-state index in [0.29, 0.717) is 22.9 Å². The maximum atomic E-state index is 11.5. The van der Waals surface area contributed by atoms with E-state index in [-0.39, 0.29) is 13.0 Å². The highest BCUT2D eigenvalue weighted by atomic mass is 35.5. The average molecular weight is 319 g/mol. The van der Waals surface area contributed by atoms with E-state index in [1.54, 1.807) is 19.1 Å². The number of hydrogen-bond acceptors (Lipinski definition) is 3. The molecule has 20 heavy (non-hydrogen) atoms. The Morgan fingerprint density at radius 1 is 1.30 bits per heavy atom. The van der Waals surface area contributed by atoms with Crippen molar-refractivity contribution in [2.75, 3.05) is 6.61 Å². The van der Waals surface area contributed by atoms with Gasteiger partial charge in [0.25, 0.3) is 0 Å². The van der Waals surface area contributed by atoms with Crippen molar-refractivity contribution in [2.45, 2.75) is 26.2 Å². The molecule has 0 radical (unpaired) electrons. The van der Waals surface area contributed by atoms with E-state index in [1.165, 1.54) is 0 Å². The lowest BCUT2D eigenvalue weighted by Gasteiger charge is -2.11. The number of aliphatic carboxylic acids is 1. The monoisotopic (exact) mass is 318 g/mol. The van der Waals surface area contributed by atoms with Crippen LogP contribution in [-0.4, -0.2) is 23.7 Å². The van der Waals surface area contributed by atoms with Crippen LogP contribution in [0.1, 0.15) is 25.3 Å². The number of hydrogen-bond donors (Lipinski definition) is 1. The molecule has 1 atom stereocenters. The van der Waals surface area contributed by atoms with Crippen LogP contribution < -0.4 is 0 Å². The zero-order chi connectivity index (χ0) is 15.1. The fourth-order valence-electron chi connectivity index (χ4n) is 1.79. The summed E-state index contributed by atoms with van der Waals surface area (Å²) in [6, 6.07) is 5.26. The minimum Gasteiger partial charge on any atom is -0.481 e. The second kappa shape index (κ2) is 8.12. The number of carbonyl (C=O) groups excluding carboxylic acids is 1. The van der Waals surface area contributed by atoms with Crippen molar-refractivity contribution in [2.24, 2.45) is 5.92 Å². The molecule has 0 saturated carbocycles. The van der Waals surface area contributed by atoms with Crippen LogP contribution >= 0.6 is 23.2 Å². The smallest absolute Gasteiger partial charge is 0.320 e. The van der Waals surface area contributed by atoms with Crippen molar-refractivity contribution in [1.29, 1.82) is 0 Å². The molecule has 4 nitrogen and oxygen atoms in total. The molecule has 0 aliphatic rings. The Kier molecular flexibility index (Phi) is 6.82. The van der Waals surface area contributed by atoms with Crippen LogP contribution in [0.4, 0.5) is 0 Å². The first kappa shape index (κ1) is 16.8. The number of carboxylic acids is 1. The van der Waals surface area contributed by atoms with Crippen molar-refractivity contribution in [1.82, 2.24) is 0 Å². The molecule has 0 aliphatic heterocycles. The number of rotatable bonds is 7. The van der Waals surface area contributed by atoms with Gasteiger partial charge in [0, 0.05) is 0 Å². The van der Waals surface area contributed by atoms with Gasteiger partial charge in [-0.2, -0.15) is 0 Å². The fraction of sp³-hybridized carbons (Fsp3) is 0.429. The summed E-state index contributed by atoms with van der Waals surface area (Å²) in [5.74, 6) is -2.95. The highest BCUT2D eigenvalue weighted by Crippen LogP contribution is 2.23. The molecular weight excluding hydrogens is 303 g/mol. The lowest BCUT2D eigenvalue weighted by atomic mass is 10.00. The molecule has 1 N–H and O–H groups in total. The topological polar surface area (TPSA) is 63.6 Å². The van der Waals surface area contributed by atoms with Crippen molar-refractivity contribution in [3.8, 4) is 0 Å². The van der Waals surface area contributed by atoms with E-state index in [2.05, 4.69) is 0 Å². The summed E-state index contributed by atoms with van der Waals surface area (Å²) in [7, 11) is 0. The summed E-state index contributed by atoms with van der Waals surface area (Å²) in [6.45, 7) is 1.82. The molecule has 0 aliphatic carbocycles. The van der Waals surface area contributed by atoms with E-state index < -0.39 is 17.9 Å². The minimum atomic E-state index is -1.16. The summed E-state index contributed by atoms with van der Waals surface area (Å²) in [5, 5.41) is 9.95. The van der Waals surface area contributed by atoms with Gasteiger partial charge in [-0.25, -0.2) is 0 Å². The molecule has 0 aromatic heterocycles. The van der Waals surface area contributed by atoms with Crippen molar-refractivity contribution >= 4 is 35.1 Å². The Hall–Kier alpha value is -1.26. The molecule has 0 amide bonds. The molecule has 1 aromatic rings. The van der Waals surface area contributed by atoms with E-state index in [4.69, 9.17) is 33.0 Å². The van der Waals surface area contributed by atoms with Crippen LogP contribution in [0.2, 0.25) is 10.0 Å². The van der Waals surface area contributed by atoms with E-state index in [1.807, 2.05) is 6.07 Å². The summed E-state index contributed by atoms with van der Waals surface area (Å²) in [6.07, 6.45) is 1.40. The average Bonchev–Trinajstić information content (AvgIpc) is 2.38. The van der Waals surface area contributed by atoms with E-state index in [9.17, 15) is 9.59 Å². The highest BCUT2D eigenvalue weighted by molar-refractivity contribution is 6.42. The van der Waals surface area contributed by atoms with Gasteiger partial charge in [-0.05, 0) is 43.9 Å². The maximum absolute atomic E-state index is 11.5. The Labute approximate surface area is 127 Å². The molecule has 1 rings (SSSR count). The quantitative estimate of drug-likeness (QED) is 0.616. The lowest BCUT2D eigenvalue weighted by Crippen LogP contribution is -2.26. The Balaban J connectivity index is 2.54. The highest BCUT2D eigenvalue weighted by Gasteiger charge is 2.26. The fourth-order valence-corrected chi connectivity index (χ4v) is 2.11. The molecule has 0 unspecified atom stereocenters. The zero-order valence-electron chi connectivity index (χ0n) is 11.1. The number of esters is 1. The number of benzene rings is 1. The summed E-state index contributed by atoms with van der Waals surface area (Å²) < 4.78 is 4.74. The second-order valence-electron chi connectivity index (χ2n) is 4.28. The van der Waals surface area contributed by atoms with Gasteiger partial charge in [-0.15, -0.1) is 0 Å². The number of ether oxygens (including phenoxy) is 1. The Morgan fingerprint density at radius 3 is 2.55 bits per heavy atom. The van der Waals surface area contributed by atoms with Gasteiger partial charge in [-0.3, -0.25) is 9.59 Å². The van der Waals surface area contributed by atoms with Gasteiger partial charge >= 0.3 is 11.9 Å². The lowest BCUT2D eigenvalue weighted by molar-refractivity contribution is -0.158. The van der Waals surface area contributed by atoms with Crippen molar-refractivity contribution in [3.63, 3.8) is 0 Å². The second-order valence-corrected chi connectivity index (χ2v) is 5.10. The van der Waals surface area contributed by atoms with Crippen LogP contribution in [0.25, 0.3) is 0 Å². The first-order chi connectivity index (χ1) is 9.45. The third-order valence-electron chi connectivity index (χ3n) is 2.81. The van der Waals surface area contributed by atoms with Crippen LogP contribution in [0.5, 0.6) is 0 Å². The first-order valence-corrected chi connectivity index (χ1v) is 7.04. The molecule has 0 bridgehead atoms. The van der Waals surface area contributed by atoms with Crippen molar-refractivity contribution < 1.29 is 19.4 Å². The number of carbonyl (C=O) groups is 2. The molecule has 110 valence electrons. The van der Waals surface area contributed by atoms with E-state index >= 15 is 0 Å². The van der Waals surface area contributed by atoms with Gasteiger partial charge in [0.1, 0.15) is 0 Å². The first-order valence-electron chi connectivity index (χ1n) is 6.29. The molecule has 0 fully saturated rings. The SMILES string of the molecule is CCOC(=O)[C@@H](CCCc1ccc(Cl)c(Cl)c1)C(=O)O.